The number of hydrogen-bond donors (Lipinski definition) is 1. The number of rotatable bonds is 3. The molecule has 98 valence electrons. The van der Waals surface area contributed by atoms with Gasteiger partial charge in [-0.25, -0.2) is 0 Å². The number of carboxylic acid groups (broad SMARTS) is 1. The quantitative estimate of drug-likeness (QED) is 0.932. The fraction of sp³-hybridized carbons (Fsp3) is 0.538. The lowest BCUT2D eigenvalue weighted by molar-refractivity contribution is -0.144. The van der Waals surface area contributed by atoms with Crippen LogP contribution < -0.4 is 0 Å². The number of halogens is 1. The Morgan fingerprint density at radius 3 is 2.94 bits per heavy atom. The first-order chi connectivity index (χ1) is 8.56. The summed E-state index contributed by atoms with van der Waals surface area (Å²) in [5.74, 6) is -0.850. The van der Waals surface area contributed by atoms with E-state index in [0.29, 0.717) is 6.04 Å². The first-order valence-electron chi connectivity index (χ1n) is 6.13. The minimum atomic E-state index is -0.664. The Bertz CT molecular complexity index is 422. The Kier molecular flexibility index (Phi) is 4.35. The summed E-state index contributed by atoms with van der Waals surface area (Å²) < 4.78 is 0.976. The largest absolute Gasteiger partial charge is 0.481 e. The molecule has 0 aliphatic carbocycles. The monoisotopic (exact) mass is 312 g/mol. The average molecular weight is 313 g/mol. The standard InChI is InChI=1S/C13H17BrN2O2/c1-9-6-10(13(17)18)4-5-16(9)8-12-3-2-11(14)7-15-12/h2-3,7,9-10H,4-6,8H2,1H3,(H,17,18). The van der Waals surface area contributed by atoms with Crippen molar-refractivity contribution in [1.29, 1.82) is 0 Å². The minimum Gasteiger partial charge on any atom is -0.481 e. The maximum Gasteiger partial charge on any atom is 0.306 e. The number of nitrogens with zero attached hydrogens (tertiary/aromatic N) is 2. The molecule has 4 nitrogen and oxygen atoms in total. The van der Waals surface area contributed by atoms with Crippen LogP contribution in [-0.2, 0) is 11.3 Å². The molecule has 0 saturated carbocycles. The van der Waals surface area contributed by atoms with Gasteiger partial charge in [-0.2, -0.15) is 0 Å². The maximum absolute atomic E-state index is 11.0. The summed E-state index contributed by atoms with van der Waals surface area (Å²) in [4.78, 5) is 17.6. The van der Waals surface area contributed by atoms with Crippen molar-refractivity contribution in [1.82, 2.24) is 9.88 Å². The van der Waals surface area contributed by atoms with Gasteiger partial charge in [0.1, 0.15) is 0 Å². The molecule has 0 aromatic carbocycles. The van der Waals surface area contributed by atoms with Gasteiger partial charge in [0.2, 0.25) is 0 Å². The smallest absolute Gasteiger partial charge is 0.306 e. The van der Waals surface area contributed by atoms with Crippen molar-refractivity contribution in [3.8, 4) is 0 Å². The van der Waals surface area contributed by atoms with Crippen LogP contribution in [-0.4, -0.2) is 33.5 Å². The average Bonchev–Trinajstić information content (AvgIpc) is 2.34. The molecule has 1 aliphatic heterocycles. The van der Waals surface area contributed by atoms with Crippen molar-refractivity contribution in [2.75, 3.05) is 6.54 Å². The molecule has 1 aromatic rings. The Morgan fingerprint density at radius 1 is 1.61 bits per heavy atom. The van der Waals surface area contributed by atoms with E-state index in [-0.39, 0.29) is 5.92 Å². The van der Waals surface area contributed by atoms with Crippen LogP contribution in [0, 0.1) is 5.92 Å². The SMILES string of the molecule is CC1CC(C(=O)O)CCN1Cc1ccc(Br)cn1. The van der Waals surface area contributed by atoms with Crippen LogP contribution in [0.1, 0.15) is 25.5 Å². The summed E-state index contributed by atoms with van der Waals surface area (Å²) in [6, 6.07) is 4.28. The van der Waals surface area contributed by atoms with E-state index >= 15 is 0 Å². The third kappa shape index (κ3) is 3.29. The molecule has 2 atom stereocenters. The van der Waals surface area contributed by atoms with Crippen LogP contribution in [0.5, 0.6) is 0 Å². The lowest BCUT2D eigenvalue weighted by Crippen LogP contribution is -2.42. The molecule has 1 aliphatic rings. The normalized spacial score (nSPS) is 25.0. The molecule has 0 bridgehead atoms. The minimum absolute atomic E-state index is 0.186. The summed E-state index contributed by atoms with van der Waals surface area (Å²) in [5, 5.41) is 9.03. The number of aromatic nitrogens is 1. The predicted octanol–water partition coefficient (Wildman–Crippen LogP) is 2.53. The molecular weight excluding hydrogens is 296 g/mol. The number of hydrogen-bond acceptors (Lipinski definition) is 3. The number of pyridine rings is 1. The second-order valence-corrected chi connectivity index (χ2v) is 5.76. The third-order valence-electron chi connectivity index (χ3n) is 3.52. The number of carboxylic acids is 1. The second-order valence-electron chi connectivity index (χ2n) is 4.85. The molecule has 18 heavy (non-hydrogen) atoms. The number of aliphatic carboxylic acids is 1. The summed E-state index contributed by atoms with van der Waals surface area (Å²) in [6.07, 6.45) is 3.26. The van der Waals surface area contributed by atoms with Gasteiger partial charge in [0, 0.05) is 23.3 Å². The molecule has 5 heteroatoms. The van der Waals surface area contributed by atoms with Gasteiger partial charge < -0.3 is 5.11 Å². The van der Waals surface area contributed by atoms with Crippen LogP contribution in [0.4, 0.5) is 0 Å². The molecule has 1 aromatic heterocycles. The fourth-order valence-electron chi connectivity index (χ4n) is 2.39. The van der Waals surface area contributed by atoms with Gasteiger partial charge in [0.15, 0.2) is 0 Å². The number of likely N-dealkylation sites (tertiary alicyclic amines) is 1. The van der Waals surface area contributed by atoms with E-state index < -0.39 is 5.97 Å². The maximum atomic E-state index is 11.0. The number of piperidine rings is 1. The summed E-state index contributed by atoms with van der Waals surface area (Å²) >= 11 is 3.36. The van der Waals surface area contributed by atoms with Gasteiger partial charge in [-0.1, -0.05) is 0 Å². The van der Waals surface area contributed by atoms with E-state index in [9.17, 15) is 4.79 Å². The van der Waals surface area contributed by atoms with Crippen molar-refractivity contribution in [3.63, 3.8) is 0 Å². The highest BCUT2D eigenvalue weighted by atomic mass is 79.9. The van der Waals surface area contributed by atoms with Gasteiger partial charge in [-0.15, -0.1) is 0 Å². The zero-order valence-corrected chi connectivity index (χ0v) is 11.9. The van der Waals surface area contributed by atoms with Crippen LogP contribution in [0.3, 0.4) is 0 Å². The van der Waals surface area contributed by atoms with Gasteiger partial charge >= 0.3 is 5.97 Å². The van der Waals surface area contributed by atoms with Crippen molar-refractivity contribution >= 4 is 21.9 Å². The Hall–Kier alpha value is -0.940. The van der Waals surface area contributed by atoms with E-state index in [1.807, 2.05) is 12.1 Å². The molecule has 0 amide bonds. The van der Waals surface area contributed by atoms with E-state index in [0.717, 1.165) is 36.1 Å². The molecule has 1 fully saturated rings. The van der Waals surface area contributed by atoms with E-state index in [1.54, 1.807) is 6.20 Å². The van der Waals surface area contributed by atoms with Crippen molar-refractivity contribution in [2.45, 2.75) is 32.4 Å². The third-order valence-corrected chi connectivity index (χ3v) is 3.99. The summed E-state index contributed by atoms with van der Waals surface area (Å²) in [6.45, 7) is 3.71. The number of carbonyl (C=O) groups is 1. The van der Waals surface area contributed by atoms with E-state index in [1.165, 1.54) is 0 Å². The molecule has 1 N–H and O–H groups in total. The van der Waals surface area contributed by atoms with Crippen molar-refractivity contribution < 1.29 is 9.90 Å². The first kappa shape index (κ1) is 13.5. The summed E-state index contributed by atoms with van der Waals surface area (Å²) in [7, 11) is 0. The first-order valence-corrected chi connectivity index (χ1v) is 6.93. The Morgan fingerprint density at radius 2 is 2.39 bits per heavy atom. The van der Waals surface area contributed by atoms with Crippen LogP contribution in [0.2, 0.25) is 0 Å². The van der Waals surface area contributed by atoms with Crippen LogP contribution >= 0.6 is 15.9 Å². The van der Waals surface area contributed by atoms with Crippen LogP contribution in [0.25, 0.3) is 0 Å². The van der Waals surface area contributed by atoms with Crippen LogP contribution in [0.15, 0.2) is 22.8 Å². The second kappa shape index (κ2) is 5.80. The predicted molar refractivity (Wildman–Crippen MR) is 72.2 cm³/mol. The highest BCUT2D eigenvalue weighted by Gasteiger charge is 2.29. The van der Waals surface area contributed by atoms with E-state index in [2.05, 4.69) is 32.7 Å². The zero-order valence-electron chi connectivity index (χ0n) is 10.3. The zero-order chi connectivity index (χ0) is 13.1. The van der Waals surface area contributed by atoms with E-state index in [4.69, 9.17) is 5.11 Å². The van der Waals surface area contributed by atoms with Gasteiger partial charge in [0.05, 0.1) is 11.6 Å². The summed E-state index contributed by atoms with van der Waals surface area (Å²) in [5.41, 5.74) is 1.03. The molecule has 0 radical (unpaired) electrons. The van der Waals surface area contributed by atoms with Gasteiger partial charge in [0.25, 0.3) is 0 Å². The molecule has 1 saturated heterocycles. The lowest BCUT2D eigenvalue weighted by Gasteiger charge is -2.35. The molecule has 2 heterocycles. The van der Waals surface area contributed by atoms with Gasteiger partial charge in [-0.3, -0.25) is 14.7 Å². The highest BCUT2D eigenvalue weighted by Crippen LogP contribution is 2.24. The van der Waals surface area contributed by atoms with Crippen molar-refractivity contribution in [3.05, 3.63) is 28.5 Å². The molecule has 2 unspecified atom stereocenters. The molecule has 0 spiro atoms. The fourth-order valence-corrected chi connectivity index (χ4v) is 2.62. The van der Waals surface area contributed by atoms with Gasteiger partial charge in [-0.05, 0) is 54.4 Å². The van der Waals surface area contributed by atoms with Crippen molar-refractivity contribution in [2.24, 2.45) is 5.92 Å². The molecule has 2 rings (SSSR count). The highest BCUT2D eigenvalue weighted by molar-refractivity contribution is 9.10. The Balaban J connectivity index is 1.95. The topological polar surface area (TPSA) is 53.4 Å². The Labute approximate surface area is 115 Å². The lowest BCUT2D eigenvalue weighted by atomic mass is 9.91. The molecular formula is C13H17BrN2O2.